The fraction of sp³-hybridized carbons (Fsp3) is 0. The predicted octanol–water partition coefficient (Wildman–Crippen LogP) is 4.98. The summed E-state index contributed by atoms with van der Waals surface area (Å²) in [6, 6.07) is 14.0. The van der Waals surface area contributed by atoms with Gasteiger partial charge in [0.25, 0.3) is 15.9 Å². The molecule has 0 saturated carbocycles. The molecule has 6 nitrogen and oxygen atoms in total. The van der Waals surface area contributed by atoms with Crippen molar-refractivity contribution in [2.75, 3.05) is 4.72 Å². The Morgan fingerprint density at radius 3 is 2.62 bits per heavy atom. The van der Waals surface area contributed by atoms with E-state index >= 15 is 0 Å². The van der Waals surface area contributed by atoms with Gasteiger partial charge < -0.3 is 4.52 Å². The van der Waals surface area contributed by atoms with E-state index in [4.69, 9.17) is 16.1 Å². The highest BCUT2D eigenvalue weighted by atomic mass is 35.5. The first-order valence-corrected chi connectivity index (χ1v) is 10.8. The fourth-order valence-electron chi connectivity index (χ4n) is 2.21. The number of nitrogens with zero attached hydrogens (tertiary/aromatic N) is 2. The van der Waals surface area contributed by atoms with Gasteiger partial charge in [0, 0.05) is 5.56 Å². The molecule has 0 radical (unpaired) electrons. The van der Waals surface area contributed by atoms with Gasteiger partial charge in [-0.15, -0.1) is 22.7 Å². The summed E-state index contributed by atoms with van der Waals surface area (Å²) >= 11 is 8.12. The molecule has 132 valence electrons. The third kappa shape index (κ3) is 3.38. The number of halogens is 1. The van der Waals surface area contributed by atoms with Gasteiger partial charge in [-0.2, -0.15) is 4.98 Å². The number of rotatable bonds is 5. The molecule has 0 atom stereocenters. The number of hydrogen-bond acceptors (Lipinski definition) is 7. The normalized spacial score (nSPS) is 11.6. The summed E-state index contributed by atoms with van der Waals surface area (Å²) in [6.07, 6.45) is 0. The molecule has 4 aromatic rings. The van der Waals surface area contributed by atoms with Crippen LogP contribution in [0.1, 0.15) is 0 Å². The Morgan fingerprint density at radius 1 is 1.08 bits per heavy atom. The van der Waals surface area contributed by atoms with E-state index < -0.39 is 10.0 Å². The number of anilines is 1. The topological polar surface area (TPSA) is 85.1 Å². The van der Waals surface area contributed by atoms with Crippen molar-refractivity contribution in [1.82, 2.24) is 10.1 Å². The van der Waals surface area contributed by atoms with Crippen molar-refractivity contribution in [3.05, 3.63) is 58.2 Å². The molecular formula is C16H10ClN3O3S3. The van der Waals surface area contributed by atoms with Crippen molar-refractivity contribution in [2.45, 2.75) is 4.21 Å². The minimum absolute atomic E-state index is 0.134. The third-order valence-electron chi connectivity index (χ3n) is 3.38. The summed E-state index contributed by atoms with van der Waals surface area (Å²) in [4.78, 5) is 4.92. The highest BCUT2D eigenvalue weighted by molar-refractivity contribution is 7.94. The standard InChI is InChI=1S/C16H10ClN3O3S3/c17-12-6-7-13(25-12)26(21,22)20-11-8-9-24-14(11)16-18-15(19-23-16)10-4-2-1-3-5-10/h1-9,20H. The second-order valence-corrected chi connectivity index (χ2v) is 9.66. The Balaban J connectivity index is 1.65. The van der Waals surface area contributed by atoms with Crippen LogP contribution in [-0.4, -0.2) is 18.6 Å². The molecule has 0 unspecified atom stereocenters. The average molecular weight is 424 g/mol. The van der Waals surface area contributed by atoms with Gasteiger partial charge in [-0.3, -0.25) is 4.72 Å². The van der Waals surface area contributed by atoms with Crippen molar-refractivity contribution < 1.29 is 12.9 Å². The fourth-order valence-corrected chi connectivity index (χ4v) is 5.60. The van der Waals surface area contributed by atoms with Gasteiger partial charge in [-0.25, -0.2) is 8.42 Å². The van der Waals surface area contributed by atoms with Crippen LogP contribution < -0.4 is 4.72 Å². The zero-order valence-corrected chi connectivity index (χ0v) is 16.1. The van der Waals surface area contributed by atoms with Gasteiger partial charge in [0.05, 0.1) is 10.0 Å². The van der Waals surface area contributed by atoms with Crippen LogP contribution in [0.25, 0.3) is 22.2 Å². The van der Waals surface area contributed by atoms with E-state index in [2.05, 4.69) is 14.9 Å². The molecule has 0 bridgehead atoms. The number of hydrogen-bond donors (Lipinski definition) is 1. The van der Waals surface area contributed by atoms with Gasteiger partial charge in [0.15, 0.2) is 0 Å². The van der Waals surface area contributed by atoms with Crippen LogP contribution in [-0.2, 0) is 10.0 Å². The monoisotopic (exact) mass is 423 g/mol. The lowest BCUT2D eigenvalue weighted by molar-refractivity contribution is 0.433. The SMILES string of the molecule is O=S(=O)(Nc1ccsc1-c1nc(-c2ccccc2)no1)c1ccc(Cl)s1. The molecule has 1 aromatic carbocycles. The van der Waals surface area contributed by atoms with Crippen LogP contribution in [0, 0.1) is 0 Å². The number of nitrogens with one attached hydrogen (secondary N) is 1. The van der Waals surface area contributed by atoms with E-state index in [0.717, 1.165) is 16.9 Å². The van der Waals surface area contributed by atoms with Crippen LogP contribution in [0.4, 0.5) is 5.69 Å². The lowest BCUT2D eigenvalue weighted by Gasteiger charge is -2.05. The first-order chi connectivity index (χ1) is 12.5. The molecule has 0 aliphatic rings. The molecule has 3 heterocycles. The summed E-state index contributed by atoms with van der Waals surface area (Å²) < 4.78 is 33.4. The minimum Gasteiger partial charge on any atom is -0.333 e. The summed E-state index contributed by atoms with van der Waals surface area (Å²) in [5.41, 5.74) is 1.19. The lowest BCUT2D eigenvalue weighted by atomic mass is 10.2. The minimum atomic E-state index is -3.74. The highest BCUT2D eigenvalue weighted by Crippen LogP contribution is 2.36. The van der Waals surface area contributed by atoms with E-state index in [1.54, 1.807) is 17.5 Å². The van der Waals surface area contributed by atoms with Crippen LogP contribution in [0.15, 0.2) is 62.6 Å². The maximum Gasteiger partial charge on any atom is 0.271 e. The molecule has 0 aliphatic carbocycles. The highest BCUT2D eigenvalue weighted by Gasteiger charge is 2.22. The van der Waals surface area contributed by atoms with Gasteiger partial charge in [0.1, 0.15) is 9.09 Å². The molecule has 0 amide bonds. The molecule has 3 aromatic heterocycles. The zero-order valence-electron chi connectivity index (χ0n) is 12.9. The molecule has 0 saturated heterocycles. The van der Waals surface area contributed by atoms with Crippen molar-refractivity contribution in [1.29, 1.82) is 0 Å². The number of thiophene rings is 2. The Bertz CT molecular complexity index is 1150. The first kappa shape index (κ1) is 17.2. The van der Waals surface area contributed by atoms with E-state index in [0.29, 0.717) is 20.7 Å². The Morgan fingerprint density at radius 2 is 1.88 bits per heavy atom. The quantitative estimate of drug-likeness (QED) is 0.489. The predicted molar refractivity (Wildman–Crippen MR) is 103 cm³/mol. The smallest absolute Gasteiger partial charge is 0.271 e. The molecule has 26 heavy (non-hydrogen) atoms. The van der Waals surface area contributed by atoms with Crippen LogP contribution in [0.3, 0.4) is 0 Å². The summed E-state index contributed by atoms with van der Waals surface area (Å²) in [6.45, 7) is 0. The molecule has 0 aliphatic heterocycles. The second-order valence-electron chi connectivity index (χ2n) is 5.12. The molecule has 0 fully saturated rings. The zero-order chi connectivity index (χ0) is 18.1. The van der Waals surface area contributed by atoms with Gasteiger partial charge >= 0.3 is 0 Å². The summed E-state index contributed by atoms with van der Waals surface area (Å²) in [5, 5.41) is 5.72. The van der Waals surface area contributed by atoms with Crippen LogP contribution in [0.5, 0.6) is 0 Å². The molecule has 4 rings (SSSR count). The van der Waals surface area contributed by atoms with Crippen LogP contribution >= 0.6 is 34.3 Å². The van der Waals surface area contributed by atoms with Crippen LogP contribution in [0.2, 0.25) is 4.34 Å². The van der Waals surface area contributed by atoms with Gasteiger partial charge in [-0.1, -0.05) is 47.1 Å². The van der Waals surface area contributed by atoms with Crippen molar-refractivity contribution in [2.24, 2.45) is 0 Å². The van der Waals surface area contributed by atoms with E-state index in [9.17, 15) is 8.42 Å². The molecule has 10 heteroatoms. The van der Waals surface area contributed by atoms with Gasteiger partial charge in [0.2, 0.25) is 5.82 Å². The second kappa shape index (κ2) is 6.84. The number of aromatic nitrogens is 2. The number of benzene rings is 1. The Hall–Kier alpha value is -2.20. The maximum atomic E-state index is 12.5. The Kier molecular flexibility index (Phi) is 4.53. The number of sulfonamides is 1. The lowest BCUT2D eigenvalue weighted by Crippen LogP contribution is -2.11. The van der Waals surface area contributed by atoms with Crippen molar-refractivity contribution >= 4 is 50.0 Å². The summed E-state index contributed by atoms with van der Waals surface area (Å²) in [5.74, 6) is 0.689. The van der Waals surface area contributed by atoms with E-state index in [1.807, 2.05) is 30.3 Å². The molecular weight excluding hydrogens is 414 g/mol. The largest absolute Gasteiger partial charge is 0.333 e. The first-order valence-electron chi connectivity index (χ1n) is 7.28. The summed E-state index contributed by atoms with van der Waals surface area (Å²) in [7, 11) is -3.74. The third-order valence-corrected chi connectivity index (χ3v) is 7.37. The van der Waals surface area contributed by atoms with Gasteiger partial charge in [-0.05, 0) is 23.6 Å². The Labute approximate surface area is 162 Å². The molecule has 0 spiro atoms. The van der Waals surface area contributed by atoms with E-state index in [1.165, 1.54) is 17.4 Å². The molecule has 1 N–H and O–H groups in total. The van der Waals surface area contributed by atoms with E-state index in [-0.39, 0.29) is 10.1 Å². The van der Waals surface area contributed by atoms with Crippen molar-refractivity contribution in [3.8, 4) is 22.2 Å². The average Bonchev–Trinajstić information content (AvgIpc) is 3.35. The van der Waals surface area contributed by atoms with Crippen molar-refractivity contribution in [3.63, 3.8) is 0 Å². The maximum absolute atomic E-state index is 12.5.